The number of carbonyl (C=O) groups is 1. The number of fused-ring (bicyclic) bond motifs is 1. The largest absolute Gasteiger partial charge is 0.478 e. The number of anilines is 1. The molecule has 1 saturated heterocycles. The summed E-state index contributed by atoms with van der Waals surface area (Å²) in [5.41, 5.74) is 0.560. The Morgan fingerprint density at radius 3 is 2.50 bits per heavy atom. The Bertz CT molecular complexity index is 477. The fraction of sp³-hybridized carbons (Fsp3) is 0.500. The lowest BCUT2D eigenvalue weighted by Gasteiger charge is -2.20. The Labute approximate surface area is 105 Å². The highest BCUT2D eigenvalue weighted by Crippen LogP contribution is 2.40. The molecule has 3 rings (SSSR count). The van der Waals surface area contributed by atoms with Gasteiger partial charge in [0, 0.05) is 13.1 Å². The number of benzene rings is 1. The summed E-state index contributed by atoms with van der Waals surface area (Å²) in [6.45, 7) is 1.82. The van der Waals surface area contributed by atoms with Crippen LogP contribution in [-0.4, -0.2) is 24.2 Å². The molecule has 0 aromatic heterocycles. The minimum atomic E-state index is -1.08. The molecule has 0 radical (unpaired) electrons. The van der Waals surface area contributed by atoms with Gasteiger partial charge in [0.25, 0.3) is 0 Å². The van der Waals surface area contributed by atoms with E-state index in [0.717, 1.165) is 19.2 Å². The van der Waals surface area contributed by atoms with Crippen molar-refractivity contribution in [3.63, 3.8) is 0 Å². The number of rotatable bonds is 2. The maximum Gasteiger partial charge on any atom is 0.335 e. The number of hydrogen-bond acceptors (Lipinski definition) is 2. The van der Waals surface area contributed by atoms with Gasteiger partial charge in [0.2, 0.25) is 0 Å². The molecule has 0 amide bonds. The van der Waals surface area contributed by atoms with Gasteiger partial charge < -0.3 is 10.0 Å². The number of halogens is 1. The molecule has 2 atom stereocenters. The average Bonchev–Trinajstić information content (AvgIpc) is 2.88. The second kappa shape index (κ2) is 4.26. The van der Waals surface area contributed by atoms with Crippen LogP contribution in [0.15, 0.2) is 18.2 Å². The van der Waals surface area contributed by atoms with Crippen molar-refractivity contribution in [1.82, 2.24) is 0 Å². The van der Waals surface area contributed by atoms with E-state index in [9.17, 15) is 9.18 Å². The van der Waals surface area contributed by atoms with Crippen LogP contribution in [0.1, 0.15) is 29.6 Å². The summed E-state index contributed by atoms with van der Waals surface area (Å²) in [7, 11) is 0. The molecule has 1 aliphatic carbocycles. The fourth-order valence-corrected chi connectivity index (χ4v) is 3.33. The van der Waals surface area contributed by atoms with Crippen molar-refractivity contribution < 1.29 is 14.3 Å². The summed E-state index contributed by atoms with van der Waals surface area (Å²) in [5.74, 6) is -0.110. The zero-order valence-corrected chi connectivity index (χ0v) is 10.1. The van der Waals surface area contributed by atoms with E-state index in [1.54, 1.807) is 6.07 Å². The van der Waals surface area contributed by atoms with Crippen LogP contribution in [0.3, 0.4) is 0 Å². The summed E-state index contributed by atoms with van der Waals surface area (Å²) >= 11 is 0. The van der Waals surface area contributed by atoms with Crippen LogP contribution in [0.5, 0.6) is 0 Å². The van der Waals surface area contributed by atoms with Crippen molar-refractivity contribution in [2.24, 2.45) is 11.8 Å². The summed E-state index contributed by atoms with van der Waals surface area (Å²) in [6.07, 6.45) is 3.79. The molecular weight excluding hydrogens is 233 g/mol. The number of aromatic carboxylic acids is 1. The van der Waals surface area contributed by atoms with Crippen LogP contribution < -0.4 is 4.90 Å². The maximum atomic E-state index is 13.9. The number of nitrogens with zero attached hydrogens (tertiary/aromatic N) is 1. The van der Waals surface area contributed by atoms with Gasteiger partial charge in [-0.2, -0.15) is 0 Å². The first-order valence-corrected chi connectivity index (χ1v) is 6.43. The molecular formula is C14H16FNO2. The van der Waals surface area contributed by atoms with Gasteiger partial charge in [-0.1, -0.05) is 6.42 Å². The Balaban J connectivity index is 1.83. The van der Waals surface area contributed by atoms with E-state index in [2.05, 4.69) is 4.90 Å². The first kappa shape index (κ1) is 11.5. The van der Waals surface area contributed by atoms with E-state index >= 15 is 0 Å². The van der Waals surface area contributed by atoms with E-state index in [-0.39, 0.29) is 5.56 Å². The minimum Gasteiger partial charge on any atom is -0.478 e. The Hall–Kier alpha value is -1.58. The monoisotopic (exact) mass is 249 g/mol. The van der Waals surface area contributed by atoms with Crippen molar-refractivity contribution in [1.29, 1.82) is 0 Å². The van der Waals surface area contributed by atoms with Gasteiger partial charge in [0.05, 0.1) is 11.3 Å². The predicted octanol–water partition coefficient (Wildman–Crippen LogP) is 2.76. The van der Waals surface area contributed by atoms with Crippen molar-refractivity contribution in [2.45, 2.75) is 19.3 Å². The molecule has 2 aliphatic rings. The van der Waals surface area contributed by atoms with Crippen LogP contribution in [0.25, 0.3) is 0 Å². The highest BCUT2D eigenvalue weighted by molar-refractivity contribution is 5.88. The second-order valence-electron chi connectivity index (χ2n) is 5.33. The van der Waals surface area contributed by atoms with E-state index in [1.165, 1.54) is 25.3 Å². The highest BCUT2D eigenvalue weighted by Gasteiger charge is 2.36. The summed E-state index contributed by atoms with van der Waals surface area (Å²) in [6, 6.07) is 4.19. The van der Waals surface area contributed by atoms with Gasteiger partial charge in [0.15, 0.2) is 0 Å². The Kier molecular flexibility index (Phi) is 2.73. The quantitative estimate of drug-likeness (QED) is 0.876. The van der Waals surface area contributed by atoms with Gasteiger partial charge in [-0.25, -0.2) is 9.18 Å². The normalized spacial score (nSPS) is 26.4. The molecule has 4 heteroatoms. The lowest BCUT2D eigenvalue weighted by atomic mass is 10.0. The van der Waals surface area contributed by atoms with Gasteiger partial charge in [-0.3, -0.25) is 0 Å². The van der Waals surface area contributed by atoms with E-state index in [1.807, 2.05) is 0 Å². The number of carboxylic acids is 1. The Morgan fingerprint density at radius 1 is 1.28 bits per heavy atom. The standard InChI is InChI=1S/C14H16FNO2/c15-12-6-9(14(17)18)4-5-13(12)16-7-10-2-1-3-11(10)8-16/h4-6,10-11H,1-3,7-8H2,(H,17,18). The number of carboxylic acid groups (broad SMARTS) is 1. The molecule has 1 aromatic carbocycles. The molecule has 1 aromatic rings. The summed E-state index contributed by atoms with van der Waals surface area (Å²) < 4.78 is 13.9. The first-order chi connectivity index (χ1) is 8.65. The van der Waals surface area contributed by atoms with Gasteiger partial charge in [-0.05, 0) is 42.9 Å². The lowest BCUT2D eigenvalue weighted by Crippen LogP contribution is -2.22. The molecule has 1 N–H and O–H groups in total. The van der Waals surface area contributed by atoms with Crippen LogP contribution in [-0.2, 0) is 0 Å². The number of hydrogen-bond donors (Lipinski definition) is 1. The molecule has 3 nitrogen and oxygen atoms in total. The van der Waals surface area contributed by atoms with Crippen molar-refractivity contribution in [2.75, 3.05) is 18.0 Å². The average molecular weight is 249 g/mol. The molecule has 96 valence electrons. The van der Waals surface area contributed by atoms with Crippen molar-refractivity contribution in [3.05, 3.63) is 29.6 Å². The van der Waals surface area contributed by atoms with Crippen molar-refractivity contribution in [3.8, 4) is 0 Å². The van der Waals surface area contributed by atoms with E-state index in [4.69, 9.17) is 5.11 Å². The molecule has 1 saturated carbocycles. The zero-order valence-electron chi connectivity index (χ0n) is 10.1. The third kappa shape index (κ3) is 1.85. The molecule has 18 heavy (non-hydrogen) atoms. The maximum absolute atomic E-state index is 13.9. The second-order valence-corrected chi connectivity index (χ2v) is 5.33. The van der Waals surface area contributed by atoms with Crippen LogP contribution in [0.2, 0.25) is 0 Å². The fourth-order valence-electron chi connectivity index (χ4n) is 3.33. The molecule has 1 aliphatic heterocycles. The smallest absolute Gasteiger partial charge is 0.335 e. The molecule has 1 heterocycles. The van der Waals surface area contributed by atoms with Gasteiger partial charge in [0.1, 0.15) is 5.82 Å². The van der Waals surface area contributed by atoms with Crippen LogP contribution >= 0.6 is 0 Å². The topological polar surface area (TPSA) is 40.5 Å². The van der Waals surface area contributed by atoms with Crippen LogP contribution in [0.4, 0.5) is 10.1 Å². The van der Waals surface area contributed by atoms with E-state index in [0.29, 0.717) is 17.5 Å². The van der Waals surface area contributed by atoms with E-state index < -0.39 is 11.8 Å². The third-order valence-corrected chi connectivity index (χ3v) is 4.26. The first-order valence-electron chi connectivity index (χ1n) is 6.43. The Morgan fingerprint density at radius 2 is 1.94 bits per heavy atom. The summed E-state index contributed by atoms with van der Waals surface area (Å²) in [5, 5.41) is 8.82. The van der Waals surface area contributed by atoms with Crippen molar-refractivity contribution >= 4 is 11.7 Å². The SMILES string of the molecule is O=C(O)c1ccc(N2CC3CCCC3C2)c(F)c1. The van der Waals surface area contributed by atoms with Crippen LogP contribution in [0, 0.1) is 17.7 Å². The third-order valence-electron chi connectivity index (χ3n) is 4.26. The lowest BCUT2D eigenvalue weighted by molar-refractivity contribution is 0.0696. The molecule has 2 fully saturated rings. The predicted molar refractivity (Wildman–Crippen MR) is 66.4 cm³/mol. The molecule has 0 spiro atoms. The molecule has 0 bridgehead atoms. The van der Waals surface area contributed by atoms with Gasteiger partial charge >= 0.3 is 5.97 Å². The minimum absolute atomic E-state index is 0.00985. The molecule has 2 unspecified atom stereocenters. The zero-order chi connectivity index (χ0) is 12.7. The van der Waals surface area contributed by atoms with Gasteiger partial charge in [-0.15, -0.1) is 0 Å². The highest BCUT2D eigenvalue weighted by atomic mass is 19.1. The summed E-state index contributed by atoms with van der Waals surface area (Å²) in [4.78, 5) is 12.8.